The van der Waals surface area contributed by atoms with Crippen LogP contribution in [0.3, 0.4) is 0 Å². The standard InChI is InChI=1S/C11H21NO3/c1-8(2)11(7-14-3,10(13)15-4)12-9-5-6-9/h8-9,12H,5-7H2,1-4H3. The second kappa shape index (κ2) is 4.94. The Morgan fingerprint density at radius 3 is 2.40 bits per heavy atom. The van der Waals surface area contributed by atoms with Gasteiger partial charge < -0.3 is 9.47 Å². The minimum absolute atomic E-state index is 0.144. The van der Waals surface area contributed by atoms with Crippen LogP contribution < -0.4 is 5.32 Å². The third-order valence-electron chi connectivity index (χ3n) is 2.95. The Kier molecular flexibility index (Phi) is 4.11. The Labute approximate surface area is 91.3 Å². The van der Waals surface area contributed by atoms with Gasteiger partial charge in [-0.25, -0.2) is 4.79 Å². The van der Waals surface area contributed by atoms with E-state index in [4.69, 9.17) is 9.47 Å². The van der Waals surface area contributed by atoms with Gasteiger partial charge in [0.15, 0.2) is 0 Å². The van der Waals surface area contributed by atoms with Crippen LogP contribution in [-0.4, -0.2) is 38.4 Å². The quantitative estimate of drug-likeness (QED) is 0.670. The number of rotatable bonds is 6. The number of hydrogen-bond acceptors (Lipinski definition) is 4. The molecule has 0 aromatic carbocycles. The Hall–Kier alpha value is -0.610. The molecule has 1 rings (SSSR count). The number of carbonyl (C=O) groups excluding carboxylic acids is 1. The number of nitrogens with one attached hydrogen (secondary N) is 1. The molecule has 0 radical (unpaired) electrons. The molecule has 0 aromatic heterocycles. The summed E-state index contributed by atoms with van der Waals surface area (Å²) in [6.07, 6.45) is 2.27. The van der Waals surface area contributed by atoms with Gasteiger partial charge in [-0.2, -0.15) is 0 Å². The molecule has 88 valence electrons. The smallest absolute Gasteiger partial charge is 0.328 e. The zero-order chi connectivity index (χ0) is 11.5. The van der Waals surface area contributed by atoms with Crippen molar-refractivity contribution in [3.05, 3.63) is 0 Å². The molecular weight excluding hydrogens is 194 g/mol. The highest BCUT2D eigenvalue weighted by molar-refractivity contribution is 5.81. The van der Waals surface area contributed by atoms with Crippen LogP contribution in [0.4, 0.5) is 0 Å². The van der Waals surface area contributed by atoms with E-state index in [0.717, 1.165) is 12.8 Å². The van der Waals surface area contributed by atoms with Crippen molar-refractivity contribution in [1.29, 1.82) is 0 Å². The zero-order valence-corrected chi connectivity index (χ0v) is 10.0. The van der Waals surface area contributed by atoms with Crippen LogP contribution in [0.25, 0.3) is 0 Å². The average Bonchev–Trinajstić information content (AvgIpc) is 2.99. The fourth-order valence-corrected chi connectivity index (χ4v) is 1.73. The third kappa shape index (κ3) is 2.69. The SMILES string of the molecule is COCC(NC1CC1)(C(=O)OC)C(C)C. The number of hydrogen-bond donors (Lipinski definition) is 1. The van der Waals surface area contributed by atoms with Crippen LogP contribution in [0.2, 0.25) is 0 Å². The summed E-state index contributed by atoms with van der Waals surface area (Å²) in [4.78, 5) is 11.9. The Morgan fingerprint density at radius 2 is 2.07 bits per heavy atom. The van der Waals surface area contributed by atoms with E-state index in [1.54, 1.807) is 7.11 Å². The second-order valence-electron chi connectivity index (χ2n) is 4.47. The molecule has 0 spiro atoms. The topological polar surface area (TPSA) is 47.6 Å². The van der Waals surface area contributed by atoms with Crippen molar-refractivity contribution >= 4 is 5.97 Å². The van der Waals surface area contributed by atoms with Crippen molar-refractivity contribution in [3.63, 3.8) is 0 Å². The maximum absolute atomic E-state index is 11.9. The molecule has 0 aliphatic heterocycles. The van der Waals surface area contributed by atoms with E-state index in [1.807, 2.05) is 13.8 Å². The minimum atomic E-state index is -0.690. The van der Waals surface area contributed by atoms with Gasteiger partial charge in [-0.05, 0) is 18.8 Å². The van der Waals surface area contributed by atoms with Gasteiger partial charge in [0.25, 0.3) is 0 Å². The summed E-state index contributed by atoms with van der Waals surface area (Å²) in [5, 5.41) is 3.36. The van der Waals surface area contributed by atoms with Gasteiger partial charge in [0.1, 0.15) is 5.54 Å². The van der Waals surface area contributed by atoms with Crippen molar-refractivity contribution < 1.29 is 14.3 Å². The molecule has 1 aliphatic rings. The van der Waals surface area contributed by atoms with E-state index >= 15 is 0 Å². The summed E-state index contributed by atoms with van der Waals surface area (Å²) in [6, 6.07) is 0.446. The van der Waals surface area contributed by atoms with Gasteiger partial charge >= 0.3 is 5.97 Å². The maximum Gasteiger partial charge on any atom is 0.328 e. The molecule has 1 atom stereocenters. The lowest BCUT2D eigenvalue weighted by atomic mass is 9.87. The Balaban J connectivity index is 2.80. The fourth-order valence-electron chi connectivity index (χ4n) is 1.73. The lowest BCUT2D eigenvalue weighted by molar-refractivity contribution is -0.154. The van der Waals surface area contributed by atoms with Crippen LogP contribution in [0, 0.1) is 5.92 Å². The third-order valence-corrected chi connectivity index (χ3v) is 2.95. The molecule has 1 fully saturated rings. The van der Waals surface area contributed by atoms with Gasteiger partial charge in [-0.15, -0.1) is 0 Å². The molecular formula is C11H21NO3. The molecule has 0 aromatic rings. The molecule has 0 bridgehead atoms. The van der Waals surface area contributed by atoms with Gasteiger partial charge in [-0.3, -0.25) is 5.32 Å². The van der Waals surface area contributed by atoms with E-state index < -0.39 is 5.54 Å². The van der Waals surface area contributed by atoms with Crippen LogP contribution >= 0.6 is 0 Å². The summed E-state index contributed by atoms with van der Waals surface area (Å²) in [5.74, 6) is -0.0863. The normalized spacial score (nSPS) is 20.1. The van der Waals surface area contributed by atoms with E-state index in [0.29, 0.717) is 12.6 Å². The second-order valence-corrected chi connectivity index (χ2v) is 4.47. The highest BCUT2D eigenvalue weighted by atomic mass is 16.5. The van der Waals surface area contributed by atoms with Crippen molar-refractivity contribution in [2.45, 2.75) is 38.3 Å². The van der Waals surface area contributed by atoms with E-state index in [1.165, 1.54) is 7.11 Å². The first-order chi connectivity index (χ1) is 7.06. The molecule has 1 aliphatic carbocycles. The van der Waals surface area contributed by atoms with E-state index in [-0.39, 0.29) is 11.9 Å². The summed E-state index contributed by atoms with van der Waals surface area (Å²) in [7, 11) is 3.03. The van der Waals surface area contributed by atoms with E-state index in [9.17, 15) is 4.79 Å². The first-order valence-electron chi connectivity index (χ1n) is 5.42. The van der Waals surface area contributed by atoms with Crippen LogP contribution in [0.5, 0.6) is 0 Å². The molecule has 0 heterocycles. The van der Waals surface area contributed by atoms with Gasteiger partial charge in [-0.1, -0.05) is 13.8 Å². The summed E-state index contributed by atoms with van der Waals surface area (Å²) >= 11 is 0. The summed E-state index contributed by atoms with van der Waals surface area (Å²) in [5.41, 5.74) is -0.690. The highest BCUT2D eigenvalue weighted by Crippen LogP contribution is 2.27. The Morgan fingerprint density at radius 1 is 1.47 bits per heavy atom. The summed E-state index contributed by atoms with van der Waals surface area (Å²) in [6.45, 7) is 4.37. The molecule has 1 N–H and O–H groups in total. The van der Waals surface area contributed by atoms with Gasteiger partial charge in [0.2, 0.25) is 0 Å². The minimum Gasteiger partial charge on any atom is -0.468 e. The molecule has 0 amide bonds. The molecule has 0 saturated heterocycles. The number of carbonyl (C=O) groups is 1. The zero-order valence-electron chi connectivity index (χ0n) is 10.0. The lowest BCUT2D eigenvalue weighted by Crippen LogP contribution is -2.60. The van der Waals surface area contributed by atoms with Crippen molar-refractivity contribution in [1.82, 2.24) is 5.32 Å². The molecule has 4 nitrogen and oxygen atoms in total. The van der Waals surface area contributed by atoms with Crippen LogP contribution in [-0.2, 0) is 14.3 Å². The predicted molar refractivity (Wildman–Crippen MR) is 57.6 cm³/mol. The van der Waals surface area contributed by atoms with E-state index in [2.05, 4.69) is 5.32 Å². The molecule has 1 unspecified atom stereocenters. The number of esters is 1. The molecule has 15 heavy (non-hydrogen) atoms. The first-order valence-corrected chi connectivity index (χ1v) is 5.42. The average molecular weight is 215 g/mol. The van der Waals surface area contributed by atoms with Crippen molar-refractivity contribution in [3.8, 4) is 0 Å². The highest BCUT2D eigenvalue weighted by Gasteiger charge is 2.46. The monoisotopic (exact) mass is 215 g/mol. The van der Waals surface area contributed by atoms with Crippen molar-refractivity contribution in [2.24, 2.45) is 5.92 Å². The summed E-state index contributed by atoms with van der Waals surface area (Å²) < 4.78 is 10.0. The van der Waals surface area contributed by atoms with Crippen LogP contribution in [0.15, 0.2) is 0 Å². The fraction of sp³-hybridized carbons (Fsp3) is 0.909. The molecule has 4 heteroatoms. The van der Waals surface area contributed by atoms with Gasteiger partial charge in [0, 0.05) is 13.2 Å². The van der Waals surface area contributed by atoms with Crippen LogP contribution in [0.1, 0.15) is 26.7 Å². The lowest BCUT2D eigenvalue weighted by Gasteiger charge is -2.35. The number of methoxy groups -OCH3 is 2. The predicted octanol–water partition coefficient (Wildman–Crippen LogP) is 0.953. The Bertz CT molecular complexity index is 226. The first kappa shape index (κ1) is 12.5. The van der Waals surface area contributed by atoms with Gasteiger partial charge in [0.05, 0.1) is 13.7 Å². The maximum atomic E-state index is 11.9. The largest absolute Gasteiger partial charge is 0.468 e. The molecule has 1 saturated carbocycles. The van der Waals surface area contributed by atoms with Crippen molar-refractivity contribution in [2.75, 3.05) is 20.8 Å². The number of ether oxygens (including phenoxy) is 2.